The van der Waals surface area contributed by atoms with Crippen LogP contribution in [0.3, 0.4) is 0 Å². The van der Waals surface area contributed by atoms with Crippen molar-refractivity contribution >= 4 is 49.8 Å². The van der Waals surface area contributed by atoms with Crippen molar-refractivity contribution in [3.8, 4) is 28.0 Å². The summed E-state index contributed by atoms with van der Waals surface area (Å²) in [5.74, 6) is 1.95. The molecule has 2 heteroatoms. The van der Waals surface area contributed by atoms with Gasteiger partial charge in [0.1, 0.15) is 5.76 Å². The highest BCUT2D eigenvalue weighted by Crippen LogP contribution is 2.46. The Bertz CT molecular complexity index is 2530. The number of allylic oxidation sites excluding steroid dienone is 4. The van der Waals surface area contributed by atoms with Gasteiger partial charge in [-0.3, -0.25) is 0 Å². The van der Waals surface area contributed by atoms with Gasteiger partial charge in [-0.1, -0.05) is 103 Å². The highest BCUT2D eigenvalue weighted by atomic mass is 16.5. The number of benzene rings is 7. The maximum Gasteiger partial charge on any atom is 0.151 e. The third-order valence-electron chi connectivity index (χ3n) is 10.3. The number of aryl methyl sites for hydroxylation is 1. The SMILES string of the molecule is C1=CC2=C(CC1)Oc1ccccc1N2c1ccc(-c2cc3cc(-c4ccc5c(c4)C=CCC5)c4ccccc4c3c3ccccc23)cc1. The molecule has 48 heavy (non-hydrogen) atoms. The molecule has 0 saturated heterocycles. The third kappa shape index (κ3) is 4.26. The number of para-hydroxylation sites is 2. The van der Waals surface area contributed by atoms with E-state index < -0.39 is 0 Å². The van der Waals surface area contributed by atoms with Gasteiger partial charge < -0.3 is 9.64 Å². The van der Waals surface area contributed by atoms with Gasteiger partial charge in [0.25, 0.3) is 0 Å². The first-order chi connectivity index (χ1) is 23.8. The molecule has 7 aromatic rings. The standard InChI is InChI=1S/C46H33NO/c1-2-12-32-27-33(22-21-30(32)11-1)41-29-34-28-40(36-13-3-5-15-38(36)46(34)39-16-6-4-14-37(39)41)31-23-25-35(26-24-31)47-42-17-7-9-19-44(42)48-45-20-10-8-18-43(45)47/h2-9,12-19,21-29H,1,10-11,20H2. The summed E-state index contributed by atoms with van der Waals surface area (Å²) >= 11 is 0. The molecule has 0 aromatic heterocycles. The van der Waals surface area contributed by atoms with Crippen LogP contribution in [0.4, 0.5) is 11.4 Å². The van der Waals surface area contributed by atoms with E-state index in [0.29, 0.717) is 0 Å². The van der Waals surface area contributed by atoms with E-state index in [-0.39, 0.29) is 0 Å². The Morgan fingerprint density at radius 2 is 1.19 bits per heavy atom. The third-order valence-corrected chi connectivity index (χ3v) is 10.3. The van der Waals surface area contributed by atoms with Crippen molar-refractivity contribution in [3.05, 3.63) is 168 Å². The summed E-state index contributed by atoms with van der Waals surface area (Å²) in [5.41, 5.74) is 11.1. The van der Waals surface area contributed by atoms with Gasteiger partial charge >= 0.3 is 0 Å². The molecule has 1 heterocycles. The number of ether oxygens (including phenoxy) is 1. The molecule has 228 valence electrons. The molecule has 0 radical (unpaired) electrons. The fourth-order valence-corrected chi connectivity index (χ4v) is 8.04. The molecule has 7 aromatic carbocycles. The summed E-state index contributed by atoms with van der Waals surface area (Å²) in [7, 11) is 0. The number of hydrogen-bond acceptors (Lipinski definition) is 2. The molecule has 2 aliphatic carbocycles. The van der Waals surface area contributed by atoms with Gasteiger partial charge in [-0.15, -0.1) is 0 Å². The molecule has 1 aliphatic heterocycles. The normalized spacial score (nSPS) is 15.0. The van der Waals surface area contributed by atoms with E-state index in [9.17, 15) is 0 Å². The molecule has 0 unspecified atom stereocenters. The molecular formula is C46H33NO. The maximum atomic E-state index is 6.35. The second-order valence-corrected chi connectivity index (χ2v) is 13.1. The summed E-state index contributed by atoms with van der Waals surface area (Å²) in [5, 5.41) is 7.73. The van der Waals surface area contributed by atoms with Crippen LogP contribution in [0.5, 0.6) is 5.75 Å². The Morgan fingerprint density at radius 3 is 1.98 bits per heavy atom. The number of fused-ring (bicyclic) bond motifs is 7. The Kier molecular flexibility index (Phi) is 6.17. The van der Waals surface area contributed by atoms with Crippen LogP contribution in [-0.4, -0.2) is 0 Å². The molecule has 0 fully saturated rings. The molecule has 0 saturated carbocycles. The van der Waals surface area contributed by atoms with Crippen LogP contribution < -0.4 is 9.64 Å². The molecule has 0 bridgehead atoms. The van der Waals surface area contributed by atoms with Crippen LogP contribution in [0.2, 0.25) is 0 Å². The van der Waals surface area contributed by atoms with Gasteiger partial charge in [0.2, 0.25) is 0 Å². The lowest BCUT2D eigenvalue weighted by Gasteiger charge is -2.35. The van der Waals surface area contributed by atoms with Gasteiger partial charge in [-0.2, -0.15) is 0 Å². The van der Waals surface area contributed by atoms with Crippen molar-refractivity contribution in [2.45, 2.75) is 25.7 Å². The Morgan fingerprint density at radius 1 is 0.542 bits per heavy atom. The number of rotatable bonds is 3. The van der Waals surface area contributed by atoms with Crippen LogP contribution in [0.15, 0.2) is 157 Å². The molecule has 0 N–H and O–H groups in total. The Hall–Kier alpha value is -5.86. The highest BCUT2D eigenvalue weighted by molar-refractivity contribution is 6.25. The Balaban J connectivity index is 1.15. The first kappa shape index (κ1) is 27.3. The fourth-order valence-electron chi connectivity index (χ4n) is 8.04. The van der Waals surface area contributed by atoms with E-state index >= 15 is 0 Å². The van der Waals surface area contributed by atoms with Gasteiger partial charge in [0, 0.05) is 12.1 Å². The van der Waals surface area contributed by atoms with Gasteiger partial charge in [-0.25, -0.2) is 0 Å². The summed E-state index contributed by atoms with van der Waals surface area (Å²) in [6.07, 6.45) is 13.2. The quantitative estimate of drug-likeness (QED) is 0.183. The number of hydrogen-bond donors (Lipinski definition) is 0. The zero-order chi connectivity index (χ0) is 31.6. The smallest absolute Gasteiger partial charge is 0.151 e. The zero-order valence-electron chi connectivity index (χ0n) is 26.6. The topological polar surface area (TPSA) is 12.5 Å². The van der Waals surface area contributed by atoms with Crippen molar-refractivity contribution in [2.24, 2.45) is 0 Å². The van der Waals surface area contributed by atoms with Crippen LogP contribution in [-0.2, 0) is 6.42 Å². The van der Waals surface area contributed by atoms with Crippen LogP contribution in [0, 0.1) is 0 Å². The monoisotopic (exact) mass is 615 g/mol. The van der Waals surface area contributed by atoms with Crippen molar-refractivity contribution in [2.75, 3.05) is 4.90 Å². The average molecular weight is 616 g/mol. The second-order valence-electron chi connectivity index (χ2n) is 13.1. The van der Waals surface area contributed by atoms with Crippen molar-refractivity contribution < 1.29 is 4.74 Å². The average Bonchev–Trinajstić information content (AvgIpc) is 3.16. The van der Waals surface area contributed by atoms with E-state index in [0.717, 1.165) is 54.3 Å². The van der Waals surface area contributed by atoms with E-state index in [4.69, 9.17) is 4.74 Å². The molecule has 0 amide bonds. The van der Waals surface area contributed by atoms with Gasteiger partial charge in [0.15, 0.2) is 5.75 Å². The summed E-state index contributed by atoms with van der Waals surface area (Å²) in [6, 6.07) is 47.1. The first-order valence-corrected chi connectivity index (χ1v) is 17.0. The minimum Gasteiger partial charge on any atom is -0.457 e. The van der Waals surface area contributed by atoms with Crippen molar-refractivity contribution in [3.63, 3.8) is 0 Å². The molecule has 2 nitrogen and oxygen atoms in total. The van der Waals surface area contributed by atoms with E-state index in [1.54, 1.807) is 0 Å². The highest BCUT2D eigenvalue weighted by Gasteiger charge is 2.28. The predicted octanol–water partition coefficient (Wildman–Crippen LogP) is 12.5. The Labute approximate surface area is 280 Å². The summed E-state index contributed by atoms with van der Waals surface area (Å²) < 4.78 is 6.35. The predicted molar refractivity (Wildman–Crippen MR) is 202 cm³/mol. The van der Waals surface area contributed by atoms with Gasteiger partial charge in [-0.05, 0) is 134 Å². The number of anilines is 2. The van der Waals surface area contributed by atoms with Crippen LogP contribution >= 0.6 is 0 Å². The fraction of sp³-hybridized carbons (Fsp3) is 0.0870. The first-order valence-electron chi connectivity index (χ1n) is 17.0. The zero-order valence-corrected chi connectivity index (χ0v) is 26.6. The lowest BCUT2D eigenvalue weighted by Crippen LogP contribution is -2.24. The lowest BCUT2D eigenvalue weighted by molar-refractivity contribution is 0.388. The molecule has 0 spiro atoms. The van der Waals surface area contributed by atoms with E-state index in [2.05, 4.69) is 151 Å². The second kappa shape index (κ2) is 10.9. The van der Waals surface area contributed by atoms with Crippen LogP contribution in [0.1, 0.15) is 30.4 Å². The molecule has 0 atom stereocenters. The largest absolute Gasteiger partial charge is 0.457 e. The van der Waals surface area contributed by atoms with E-state index in [1.807, 2.05) is 6.07 Å². The summed E-state index contributed by atoms with van der Waals surface area (Å²) in [6.45, 7) is 0. The minimum atomic E-state index is 0.911. The molecule has 10 rings (SSSR count). The van der Waals surface area contributed by atoms with Crippen molar-refractivity contribution in [1.29, 1.82) is 0 Å². The maximum absolute atomic E-state index is 6.35. The molecular weight excluding hydrogens is 583 g/mol. The molecule has 3 aliphatic rings. The van der Waals surface area contributed by atoms with E-state index in [1.165, 1.54) is 65.7 Å². The minimum absolute atomic E-state index is 0.911. The van der Waals surface area contributed by atoms with Crippen LogP contribution in [0.25, 0.3) is 60.6 Å². The van der Waals surface area contributed by atoms with Gasteiger partial charge in [0.05, 0.1) is 11.4 Å². The number of nitrogens with zero attached hydrogens (tertiary/aromatic N) is 1. The lowest BCUT2D eigenvalue weighted by atomic mass is 9.86. The summed E-state index contributed by atoms with van der Waals surface area (Å²) in [4.78, 5) is 2.35. The van der Waals surface area contributed by atoms with Crippen molar-refractivity contribution in [1.82, 2.24) is 0 Å².